The molecule has 5 heteroatoms. The van der Waals surface area contributed by atoms with Crippen molar-refractivity contribution in [3.63, 3.8) is 0 Å². The Morgan fingerprint density at radius 1 is 0.969 bits per heavy atom. The van der Waals surface area contributed by atoms with Crippen LogP contribution < -0.4 is 4.74 Å². The summed E-state index contributed by atoms with van der Waals surface area (Å²) in [4.78, 5) is 30.5. The number of nitrogens with zero attached hydrogens (tertiary/aromatic N) is 1. The van der Waals surface area contributed by atoms with Crippen molar-refractivity contribution in [3.05, 3.63) is 102 Å². The molecule has 0 unspecified atom stereocenters. The molecule has 4 aromatic rings. The molecule has 5 nitrogen and oxygen atoms in total. The number of aromatic amines is 1. The van der Waals surface area contributed by atoms with Gasteiger partial charge in [-0.15, -0.1) is 0 Å². The molecular weight excluding hydrogens is 400 g/mol. The van der Waals surface area contributed by atoms with E-state index in [1.807, 2.05) is 42.5 Å². The quantitative estimate of drug-likeness (QED) is 0.437. The molecule has 0 radical (unpaired) electrons. The van der Waals surface area contributed by atoms with Crippen LogP contribution in [0.4, 0.5) is 0 Å². The van der Waals surface area contributed by atoms with Crippen LogP contribution in [0.5, 0.6) is 5.75 Å². The highest BCUT2D eigenvalue weighted by Gasteiger charge is 2.73. The van der Waals surface area contributed by atoms with Crippen LogP contribution >= 0.6 is 0 Å². The Morgan fingerprint density at radius 2 is 1.66 bits per heavy atom. The zero-order valence-electron chi connectivity index (χ0n) is 17.4. The largest absolute Gasteiger partial charge is 0.497 e. The Bertz CT molecular complexity index is 1370. The van der Waals surface area contributed by atoms with Gasteiger partial charge in [0.1, 0.15) is 11.2 Å². The van der Waals surface area contributed by atoms with Crippen molar-refractivity contribution in [2.75, 3.05) is 7.11 Å². The number of Topliss-reactive ketones (excluding diaryl/α,β-unsaturated/α-hetero) is 2. The summed E-state index contributed by atoms with van der Waals surface area (Å²) in [6, 6.07) is 25.8. The average Bonchev–Trinajstić information content (AvgIpc) is 3.36. The van der Waals surface area contributed by atoms with E-state index in [4.69, 9.17) is 4.74 Å². The first-order valence-corrected chi connectivity index (χ1v) is 10.4. The number of carbonyl (C=O) groups is 2. The first-order chi connectivity index (χ1) is 15.6. The topological polar surface area (TPSA) is 82.9 Å². The fourth-order valence-corrected chi connectivity index (χ4v) is 4.75. The summed E-state index contributed by atoms with van der Waals surface area (Å²) in [6.07, 6.45) is 1.64. The number of ketones is 2. The third-order valence-corrected chi connectivity index (χ3v) is 6.42. The zero-order valence-corrected chi connectivity index (χ0v) is 17.4. The number of carbonyl (C=O) groups excluding carboxylic acids is 2. The Kier molecular flexibility index (Phi) is 4.64. The van der Waals surface area contributed by atoms with E-state index in [1.54, 1.807) is 49.7 Å². The number of aromatic nitrogens is 1. The Hall–Kier alpha value is -4.17. The standard InChI is InChI=1S/C27H20N2O3/c1-32-19-13-11-17(12-14-19)23-24(25(30)18-7-3-2-4-8-18)27(23,16-28)26(31)21-15-29-22-10-6-5-9-20(21)22/h2-15,23-24,29H,1H3/t23-,24+,27-/m1/s1. The molecule has 0 aliphatic heterocycles. The summed E-state index contributed by atoms with van der Waals surface area (Å²) in [5, 5.41) is 11.1. The van der Waals surface area contributed by atoms with Crippen molar-refractivity contribution in [2.24, 2.45) is 11.3 Å². The molecular formula is C27H20N2O3. The van der Waals surface area contributed by atoms with Gasteiger partial charge in [-0.25, -0.2) is 0 Å². The summed E-state index contributed by atoms with van der Waals surface area (Å²) < 4.78 is 5.24. The molecule has 0 bridgehead atoms. The molecule has 1 aromatic heterocycles. The van der Waals surface area contributed by atoms with Crippen LogP contribution in [0.25, 0.3) is 10.9 Å². The predicted molar refractivity (Wildman–Crippen MR) is 121 cm³/mol. The first kappa shape index (κ1) is 19.8. The van der Waals surface area contributed by atoms with Gasteiger partial charge in [-0.3, -0.25) is 9.59 Å². The van der Waals surface area contributed by atoms with Gasteiger partial charge in [0.25, 0.3) is 0 Å². The smallest absolute Gasteiger partial charge is 0.186 e. The number of hydrogen-bond acceptors (Lipinski definition) is 4. The van der Waals surface area contributed by atoms with Crippen molar-refractivity contribution in [1.82, 2.24) is 4.98 Å². The molecule has 5 rings (SSSR count). The van der Waals surface area contributed by atoms with Crippen molar-refractivity contribution >= 4 is 22.5 Å². The van der Waals surface area contributed by atoms with Crippen LogP contribution in [0.3, 0.4) is 0 Å². The monoisotopic (exact) mass is 420 g/mol. The molecule has 32 heavy (non-hydrogen) atoms. The van der Waals surface area contributed by atoms with Gasteiger partial charge in [0.15, 0.2) is 11.6 Å². The van der Waals surface area contributed by atoms with E-state index in [-0.39, 0.29) is 11.6 Å². The predicted octanol–water partition coefficient (Wildman–Crippen LogP) is 5.17. The molecule has 3 atom stereocenters. The number of nitriles is 1. The maximum Gasteiger partial charge on any atom is 0.186 e. The number of benzene rings is 3. The molecule has 1 saturated carbocycles. The molecule has 3 aromatic carbocycles. The van der Waals surface area contributed by atoms with E-state index < -0.39 is 17.3 Å². The molecule has 1 aliphatic rings. The van der Waals surface area contributed by atoms with E-state index >= 15 is 0 Å². The average molecular weight is 420 g/mol. The minimum atomic E-state index is -1.47. The molecule has 1 fully saturated rings. The summed E-state index contributed by atoms with van der Waals surface area (Å²) in [6.45, 7) is 0. The van der Waals surface area contributed by atoms with Crippen LogP contribution in [0, 0.1) is 22.7 Å². The Balaban J connectivity index is 1.63. The molecule has 1 heterocycles. The van der Waals surface area contributed by atoms with E-state index in [0.29, 0.717) is 16.9 Å². The van der Waals surface area contributed by atoms with Gasteiger partial charge in [-0.2, -0.15) is 5.26 Å². The van der Waals surface area contributed by atoms with Gasteiger partial charge in [-0.05, 0) is 23.8 Å². The van der Waals surface area contributed by atoms with Gasteiger partial charge in [-0.1, -0.05) is 60.7 Å². The number of nitrogens with one attached hydrogen (secondary N) is 1. The molecule has 156 valence electrons. The highest BCUT2D eigenvalue weighted by atomic mass is 16.5. The lowest BCUT2D eigenvalue weighted by molar-refractivity contribution is 0.0875. The number of H-pyrrole nitrogens is 1. The number of hydrogen-bond donors (Lipinski definition) is 1. The first-order valence-electron chi connectivity index (χ1n) is 10.4. The third-order valence-electron chi connectivity index (χ3n) is 6.42. The molecule has 0 amide bonds. The lowest BCUT2D eigenvalue weighted by atomic mass is 9.89. The minimum Gasteiger partial charge on any atom is -0.497 e. The van der Waals surface area contributed by atoms with Crippen LogP contribution in [0.1, 0.15) is 32.2 Å². The number of rotatable bonds is 6. The van der Waals surface area contributed by atoms with Crippen molar-refractivity contribution in [3.8, 4) is 11.8 Å². The molecule has 1 aliphatic carbocycles. The number of para-hydroxylation sites is 1. The highest BCUT2D eigenvalue weighted by Crippen LogP contribution is 2.67. The number of methoxy groups -OCH3 is 1. The van der Waals surface area contributed by atoms with Crippen LogP contribution in [-0.2, 0) is 0 Å². The van der Waals surface area contributed by atoms with Gasteiger partial charge in [0.05, 0.1) is 19.1 Å². The Morgan fingerprint density at radius 3 is 2.34 bits per heavy atom. The summed E-state index contributed by atoms with van der Waals surface area (Å²) in [7, 11) is 1.58. The highest BCUT2D eigenvalue weighted by molar-refractivity contribution is 6.18. The second kappa shape index (κ2) is 7.51. The second-order valence-electron chi connectivity index (χ2n) is 8.02. The van der Waals surface area contributed by atoms with Crippen molar-refractivity contribution in [2.45, 2.75) is 5.92 Å². The van der Waals surface area contributed by atoms with E-state index in [2.05, 4.69) is 11.1 Å². The zero-order chi connectivity index (χ0) is 22.3. The molecule has 1 N–H and O–H groups in total. The van der Waals surface area contributed by atoms with E-state index in [9.17, 15) is 14.9 Å². The van der Waals surface area contributed by atoms with E-state index in [0.717, 1.165) is 16.5 Å². The summed E-state index contributed by atoms with van der Waals surface area (Å²) in [5.74, 6) is -1.14. The normalized spacial score (nSPS) is 21.6. The van der Waals surface area contributed by atoms with E-state index in [1.165, 1.54) is 0 Å². The van der Waals surface area contributed by atoms with Crippen molar-refractivity contribution < 1.29 is 14.3 Å². The fraction of sp³-hybridized carbons (Fsp3) is 0.148. The number of ether oxygens (including phenoxy) is 1. The van der Waals surface area contributed by atoms with Crippen LogP contribution in [0.15, 0.2) is 85.1 Å². The maximum atomic E-state index is 13.9. The fourth-order valence-electron chi connectivity index (χ4n) is 4.75. The minimum absolute atomic E-state index is 0.193. The second-order valence-corrected chi connectivity index (χ2v) is 8.02. The molecule has 0 saturated heterocycles. The lowest BCUT2D eigenvalue weighted by Crippen LogP contribution is -2.20. The number of fused-ring (bicyclic) bond motifs is 1. The van der Waals surface area contributed by atoms with Gasteiger partial charge in [0, 0.05) is 34.1 Å². The third kappa shape index (κ3) is 2.84. The van der Waals surface area contributed by atoms with Crippen LogP contribution in [0.2, 0.25) is 0 Å². The van der Waals surface area contributed by atoms with Crippen molar-refractivity contribution in [1.29, 1.82) is 5.26 Å². The van der Waals surface area contributed by atoms with Crippen LogP contribution in [-0.4, -0.2) is 23.7 Å². The van der Waals surface area contributed by atoms with Gasteiger partial charge < -0.3 is 9.72 Å². The maximum absolute atomic E-state index is 13.9. The summed E-state index contributed by atoms with van der Waals surface area (Å²) in [5.41, 5.74) is 1.06. The van der Waals surface area contributed by atoms with Gasteiger partial charge >= 0.3 is 0 Å². The SMILES string of the molecule is COc1ccc([C@@H]2[C@@H](C(=O)c3ccccc3)[C@]2(C#N)C(=O)c2c[nH]c3ccccc23)cc1. The lowest BCUT2D eigenvalue weighted by Gasteiger charge is -2.08. The van der Waals surface area contributed by atoms with Gasteiger partial charge in [0.2, 0.25) is 0 Å². The summed E-state index contributed by atoms with van der Waals surface area (Å²) >= 11 is 0. The molecule has 0 spiro atoms. The Labute approximate surface area is 185 Å².